The number of nitrogens with one attached hydrogen (secondary N) is 2. The van der Waals surface area contributed by atoms with Gasteiger partial charge in [-0.2, -0.15) is 0 Å². The van der Waals surface area contributed by atoms with Crippen molar-refractivity contribution in [1.29, 1.82) is 0 Å². The van der Waals surface area contributed by atoms with Crippen LogP contribution in [0.25, 0.3) is 0 Å². The van der Waals surface area contributed by atoms with Gasteiger partial charge in [-0.05, 0) is 68.8 Å². The topological polar surface area (TPSA) is 215 Å². The van der Waals surface area contributed by atoms with Crippen LogP contribution in [0, 0.1) is 11.8 Å². The molecule has 0 aromatic heterocycles. The van der Waals surface area contributed by atoms with Gasteiger partial charge in [0.05, 0.1) is 24.4 Å². The van der Waals surface area contributed by atoms with E-state index in [1.54, 1.807) is 57.4 Å². The number of anilines is 3. The minimum absolute atomic E-state index is 0.0380. The highest BCUT2D eigenvalue weighted by Gasteiger charge is 2.63. The lowest BCUT2D eigenvalue weighted by molar-refractivity contribution is -0.148. The van der Waals surface area contributed by atoms with Crippen LogP contribution in [0.1, 0.15) is 22.3 Å². The third-order valence-corrected chi connectivity index (χ3v) is 8.78. The number of aliphatic hydroxyl groups excluding tert-OH is 2. The summed E-state index contributed by atoms with van der Waals surface area (Å²) in [6.45, 7) is 0. The number of rotatable bonds is 6. The largest absolute Gasteiger partial charge is 0.510 e. The van der Waals surface area contributed by atoms with Gasteiger partial charge >= 0.3 is 6.03 Å². The summed E-state index contributed by atoms with van der Waals surface area (Å²) in [6.07, 6.45) is 0.0671. The Hall–Kier alpha value is -5.08. The predicted octanol–water partition coefficient (Wildman–Crippen LogP) is 1.84. The molecule has 0 aliphatic heterocycles. The number of allylic oxidation sites excluding steroid dienone is 1. The lowest BCUT2D eigenvalue weighted by Gasteiger charge is -2.50. The summed E-state index contributed by atoms with van der Waals surface area (Å²) in [6, 6.07) is 6.23. The number of methoxy groups -OCH3 is 1. The van der Waals surface area contributed by atoms with E-state index in [1.165, 1.54) is 18.1 Å². The van der Waals surface area contributed by atoms with Crippen molar-refractivity contribution >= 4 is 40.6 Å². The van der Waals surface area contributed by atoms with Crippen molar-refractivity contribution < 1.29 is 44.3 Å². The minimum atomic E-state index is -2.75. The number of aliphatic hydroxyl groups is 3. The third-order valence-electron chi connectivity index (χ3n) is 8.78. The molecule has 3 aliphatic carbocycles. The minimum Gasteiger partial charge on any atom is -0.510 e. The molecule has 4 atom stereocenters. The van der Waals surface area contributed by atoms with Gasteiger partial charge in [-0.3, -0.25) is 19.3 Å². The average Bonchev–Trinajstić information content (AvgIpc) is 2.96. The van der Waals surface area contributed by atoms with Crippen molar-refractivity contribution in [2.24, 2.45) is 17.6 Å². The summed E-state index contributed by atoms with van der Waals surface area (Å²) >= 11 is 0. The number of benzene rings is 2. The Bertz CT molecular complexity index is 1700. The summed E-state index contributed by atoms with van der Waals surface area (Å²) in [4.78, 5) is 55.9. The Kier molecular flexibility index (Phi) is 7.75. The van der Waals surface area contributed by atoms with Gasteiger partial charge < -0.3 is 46.4 Å². The van der Waals surface area contributed by atoms with Crippen molar-refractivity contribution in [1.82, 2.24) is 4.90 Å². The average molecular weight is 622 g/mol. The second kappa shape index (κ2) is 11.1. The molecule has 2 aromatic carbocycles. The van der Waals surface area contributed by atoms with Gasteiger partial charge in [-0.1, -0.05) is 0 Å². The van der Waals surface area contributed by atoms with Crippen LogP contribution >= 0.6 is 0 Å². The van der Waals surface area contributed by atoms with Crippen LogP contribution in [-0.4, -0.2) is 95.8 Å². The normalized spacial score (nSPS) is 24.1. The molecule has 0 fully saturated rings. The van der Waals surface area contributed by atoms with Gasteiger partial charge in [0.25, 0.3) is 5.91 Å². The van der Waals surface area contributed by atoms with Crippen molar-refractivity contribution in [3.63, 3.8) is 0 Å². The number of ether oxygens (including phenoxy) is 1. The number of hydrogen-bond donors (Lipinski definition) is 7. The molecule has 0 radical (unpaired) electrons. The molecule has 0 saturated carbocycles. The van der Waals surface area contributed by atoms with Gasteiger partial charge in [0.1, 0.15) is 22.8 Å². The fraction of sp³-hybridized carbons (Fsp3) is 0.355. The van der Waals surface area contributed by atoms with Crippen molar-refractivity contribution in [3.05, 3.63) is 64.1 Å². The lowest BCUT2D eigenvalue weighted by atomic mass is 9.58. The van der Waals surface area contributed by atoms with E-state index in [4.69, 9.17) is 10.5 Å². The Morgan fingerprint density at radius 1 is 1.04 bits per heavy atom. The molecule has 0 heterocycles. The predicted molar refractivity (Wildman–Crippen MR) is 164 cm³/mol. The van der Waals surface area contributed by atoms with Crippen LogP contribution in [-0.2, 0) is 16.0 Å². The monoisotopic (exact) mass is 621 g/mol. The summed E-state index contributed by atoms with van der Waals surface area (Å²) in [5.74, 6) is -6.94. The summed E-state index contributed by atoms with van der Waals surface area (Å²) in [5, 5.41) is 50.8. The molecular weight excluding hydrogens is 586 g/mol. The fourth-order valence-corrected chi connectivity index (χ4v) is 6.75. The molecule has 238 valence electrons. The van der Waals surface area contributed by atoms with Crippen molar-refractivity contribution in [2.45, 2.75) is 24.5 Å². The van der Waals surface area contributed by atoms with Gasteiger partial charge in [0.2, 0.25) is 5.78 Å². The quantitative estimate of drug-likeness (QED) is 0.182. The number of fused-ring (bicyclic) bond motifs is 3. The van der Waals surface area contributed by atoms with Crippen LogP contribution in [0.4, 0.5) is 21.9 Å². The van der Waals surface area contributed by atoms with Gasteiger partial charge in [-0.15, -0.1) is 0 Å². The highest BCUT2D eigenvalue weighted by Crippen LogP contribution is 2.54. The highest BCUT2D eigenvalue weighted by atomic mass is 16.5. The number of phenolic OH excluding ortho intramolecular Hbond substituents is 1. The Balaban J connectivity index is 1.60. The number of ketones is 2. The smallest absolute Gasteiger partial charge is 0.323 e. The first-order valence-corrected chi connectivity index (χ1v) is 14.1. The van der Waals surface area contributed by atoms with Crippen LogP contribution in [0.2, 0.25) is 0 Å². The van der Waals surface area contributed by atoms with E-state index in [2.05, 4.69) is 10.6 Å². The van der Waals surface area contributed by atoms with E-state index >= 15 is 0 Å². The van der Waals surface area contributed by atoms with Crippen LogP contribution in [0.15, 0.2) is 53.0 Å². The van der Waals surface area contributed by atoms with Crippen molar-refractivity contribution in [3.8, 4) is 11.5 Å². The van der Waals surface area contributed by atoms with E-state index in [0.29, 0.717) is 22.7 Å². The van der Waals surface area contributed by atoms with E-state index < -0.39 is 69.8 Å². The second-order valence-corrected chi connectivity index (χ2v) is 11.8. The fourth-order valence-electron chi connectivity index (χ4n) is 6.75. The second-order valence-electron chi connectivity index (χ2n) is 11.8. The molecule has 0 saturated heterocycles. The number of phenols is 1. The number of Topliss-reactive ketones (excluding diaryl/α,β-unsaturated/α-hetero) is 2. The molecule has 0 bridgehead atoms. The summed E-state index contributed by atoms with van der Waals surface area (Å²) in [7, 11) is 8.08. The van der Waals surface area contributed by atoms with Gasteiger partial charge in [0.15, 0.2) is 17.1 Å². The zero-order valence-corrected chi connectivity index (χ0v) is 25.3. The van der Waals surface area contributed by atoms with Crippen LogP contribution in [0.3, 0.4) is 0 Å². The zero-order chi connectivity index (χ0) is 33.1. The van der Waals surface area contributed by atoms with Crippen molar-refractivity contribution in [2.75, 3.05) is 50.8 Å². The molecule has 14 nitrogen and oxygen atoms in total. The molecule has 3 aliphatic rings. The molecule has 45 heavy (non-hydrogen) atoms. The molecule has 2 aromatic rings. The SMILES string of the molecule is COc1ccc(NC(=O)Nc2cc(N(C)C)c3c(c2O)C(=O)C2=C(O)[C@@]4(O)C(=O)C(C(N)=O)=C(O)[C@H](N(C)C)[C@H]4C[C@@H]2C3)cc1. The summed E-state index contributed by atoms with van der Waals surface area (Å²) < 4.78 is 5.12. The molecule has 8 N–H and O–H groups in total. The number of carbonyl (C=O) groups excluding carboxylic acids is 4. The first-order valence-electron chi connectivity index (χ1n) is 14.1. The standard InChI is InChI=1S/C31H35N5O9/c1-35(2)19-12-18(34-30(43)33-14-6-8-15(45-5)9-7-14)24(37)21-16(19)10-13-11-17-23(36(3)4)26(39)22(29(32)42)28(41)31(17,44)27(40)20(13)25(21)38/h6-9,12-13,17,23,37,39-40,44H,10-11H2,1-5H3,(H2,32,42)(H2,33,34,43)/t13-,17+,23+,31+/m0/s1. The molecule has 5 rings (SSSR count). The number of urea groups is 1. The number of primary amides is 1. The summed E-state index contributed by atoms with van der Waals surface area (Å²) in [5.41, 5.74) is 2.49. The highest BCUT2D eigenvalue weighted by molar-refractivity contribution is 6.25. The van der Waals surface area contributed by atoms with E-state index in [0.717, 1.165) is 0 Å². The molecule has 0 spiro atoms. The number of hydrogen-bond acceptors (Lipinski definition) is 11. The zero-order valence-electron chi connectivity index (χ0n) is 25.3. The number of likely N-dealkylation sites (N-methyl/N-ethyl adjacent to an activating group) is 1. The van der Waals surface area contributed by atoms with Crippen LogP contribution in [0.5, 0.6) is 11.5 Å². The third kappa shape index (κ3) is 4.82. The lowest BCUT2D eigenvalue weighted by Crippen LogP contribution is -2.63. The number of nitrogens with zero attached hydrogens (tertiary/aromatic N) is 2. The number of aromatic hydroxyl groups is 1. The van der Waals surface area contributed by atoms with E-state index in [1.807, 2.05) is 0 Å². The maximum atomic E-state index is 14.1. The first kappa shape index (κ1) is 31.3. The number of carbonyl (C=O) groups is 4. The first-order chi connectivity index (χ1) is 21.1. The van der Waals surface area contributed by atoms with E-state index in [-0.39, 0.29) is 29.7 Å². The Labute approximate surface area is 258 Å². The number of amides is 3. The van der Waals surface area contributed by atoms with Gasteiger partial charge in [-0.25, -0.2) is 4.79 Å². The Morgan fingerprint density at radius 2 is 1.69 bits per heavy atom. The maximum absolute atomic E-state index is 14.1. The maximum Gasteiger partial charge on any atom is 0.323 e. The Morgan fingerprint density at radius 3 is 2.24 bits per heavy atom. The molecule has 14 heteroatoms. The molecule has 0 unspecified atom stereocenters. The number of nitrogens with two attached hydrogens (primary N) is 1. The van der Waals surface area contributed by atoms with Crippen LogP contribution < -0.4 is 26.0 Å². The van der Waals surface area contributed by atoms with E-state index in [9.17, 15) is 39.6 Å². The van der Waals surface area contributed by atoms with Gasteiger partial charge in [0, 0.05) is 37.0 Å². The molecular formula is C31H35N5O9. The molecule has 3 amide bonds.